The number of hydrogen-bond acceptors (Lipinski definition) is 9. The number of rotatable bonds is 7. The molecule has 0 radical (unpaired) electrons. The number of nitrogens with zero attached hydrogens (tertiary/aromatic N) is 2. The maximum Gasteiger partial charge on any atom is 0.353 e. The van der Waals surface area contributed by atoms with E-state index < -0.39 is 28.6 Å². The number of thiophene rings is 1. The van der Waals surface area contributed by atoms with Crippen LogP contribution in [0.5, 0.6) is 0 Å². The Bertz CT molecular complexity index is 1140. The second kappa shape index (κ2) is 8.49. The van der Waals surface area contributed by atoms with E-state index >= 15 is 0 Å². The van der Waals surface area contributed by atoms with Gasteiger partial charge in [0.1, 0.15) is 26.3 Å². The van der Waals surface area contributed by atoms with Crippen LogP contribution in [0.25, 0.3) is 5.57 Å². The van der Waals surface area contributed by atoms with Gasteiger partial charge in [-0.25, -0.2) is 9.78 Å². The van der Waals surface area contributed by atoms with E-state index in [9.17, 15) is 24.3 Å². The maximum atomic E-state index is 12.6. The number of nitrogens with one attached hydrogen (secondary N) is 1. The van der Waals surface area contributed by atoms with E-state index in [1.807, 2.05) is 17.5 Å². The number of amides is 2. The van der Waals surface area contributed by atoms with Crippen LogP contribution in [0.3, 0.4) is 0 Å². The molecule has 0 spiro atoms. The molecule has 1 saturated heterocycles. The van der Waals surface area contributed by atoms with Crippen LogP contribution in [0.4, 0.5) is 0 Å². The van der Waals surface area contributed by atoms with Crippen LogP contribution in [0.15, 0.2) is 28.6 Å². The minimum absolute atomic E-state index is 0.0889. The van der Waals surface area contributed by atoms with Gasteiger partial charge >= 0.3 is 11.9 Å². The van der Waals surface area contributed by atoms with E-state index in [1.165, 1.54) is 16.7 Å². The molecule has 2 atom stereocenters. The molecule has 4 heterocycles. The van der Waals surface area contributed by atoms with Gasteiger partial charge in [-0.05, 0) is 11.4 Å². The molecular weight excluding hydrogens is 482 g/mol. The maximum absolute atomic E-state index is 12.6. The predicted molar refractivity (Wildman–Crippen MR) is 119 cm³/mol. The average molecular weight is 496 g/mol. The summed E-state index contributed by atoms with van der Waals surface area (Å²) < 4.78 is 0. The fraction of sp³-hybridized carbons (Fsp3) is 0.222. The number of aromatic nitrogens is 1. The molecule has 0 bridgehead atoms. The molecule has 9 nitrogen and oxygen atoms in total. The van der Waals surface area contributed by atoms with Gasteiger partial charge in [-0.3, -0.25) is 19.3 Å². The van der Waals surface area contributed by atoms with Crippen LogP contribution in [0.1, 0.15) is 15.6 Å². The summed E-state index contributed by atoms with van der Waals surface area (Å²) in [6.45, 7) is 0. The highest BCUT2D eigenvalue weighted by Gasteiger charge is 2.53. The summed E-state index contributed by atoms with van der Waals surface area (Å²) in [5, 5.41) is 23.8. The molecule has 1 unspecified atom stereocenters. The number of aliphatic carboxylic acids is 2. The molecule has 0 aromatic carbocycles. The van der Waals surface area contributed by atoms with Crippen molar-refractivity contribution in [2.75, 3.05) is 0 Å². The largest absolute Gasteiger partial charge is 0.481 e. The van der Waals surface area contributed by atoms with Crippen molar-refractivity contribution in [1.82, 2.24) is 15.2 Å². The third-order valence-electron chi connectivity index (χ3n) is 4.44. The monoisotopic (exact) mass is 495 g/mol. The lowest BCUT2D eigenvalue weighted by molar-refractivity contribution is -0.139. The molecule has 160 valence electrons. The number of carboxylic acid groups (broad SMARTS) is 2. The fourth-order valence-corrected chi connectivity index (χ4v) is 6.56. The molecule has 2 aliphatic heterocycles. The zero-order valence-corrected chi connectivity index (χ0v) is 18.7. The lowest BCUT2D eigenvalue weighted by atomic mass is 10.1. The fourth-order valence-electron chi connectivity index (χ4n) is 3.15. The van der Waals surface area contributed by atoms with Crippen LogP contribution >= 0.6 is 46.7 Å². The van der Waals surface area contributed by atoms with Crippen LogP contribution < -0.4 is 5.32 Å². The van der Waals surface area contributed by atoms with Gasteiger partial charge in [0, 0.05) is 10.3 Å². The van der Waals surface area contributed by atoms with E-state index in [0.29, 0.717) is 0 Å². The van der Waals surface area contributed by atoms with Gasteiger partial charge < -0.3 is 15.5 Å². The smallest absolute Gasteiger partial charge is 0.353 e. The highest BCUT2D eigenvalue weighted by Crippen LogP contribution is 2.46. The van der Waals surface area contributed by atoms with E-state index in [4.69, 9.17) is 17.3 Å². The third-order valence-corrected chi connectivity index (χ3v) is 8.11. The summed E-state index contributed by atoms with van der Waals surface area (Å²) in [7, 11) is 0. The van der Waals surface area contributed by atoms with Gasteiger partial charge in [0.15, 0.2) is 0 Å². The number of fused-ring (bicyclic) bond motifs is 1. The number of β-lactam (4-membered cyclic amide) rings is 1. The topological polar surface area (TPSA) is 137 Å². The SMILES string of the molecule is O=C(O)Cc1csc(C2=C(C(=O)O)N3C(=O)C(=S)[C@@H]3SC2NC(=O)Cc2cccs2)n1. The van der Waals surface area contributed by atoms with Gasteiger partial charge in [-0.15, -0.1) is 34.4 Å². The summed E-state index contributed by atoms with van der Waals surface area (Å²) in [5.74, 6) is -3.34. The van der Waals surface area contributed by atoms with Crippen molar-refractivity contribution in [2.45, 2.75) is 23.6 Å². The second-order valence-electron chi connectivity index (χ2n) is 6.51. The minimum Gasteiger partial charge on any atom is -0.481 e. The Balaban J connectivity index is 1.73. The minimum atomic E-state index is -1.36. The Morgan fingerprint density at radius 1 is 1.23 bits per heavy atom. The molecule has 3 N–H and O–H groups in total. The van der Waals surface area contributed by atoms with E-state index in [1.54, 1.807) is 0 Å². The van der Waals surface area contributed by atoms with Gasteiger partial charge in [-0.2, -0.15) is 0 Å². The molecule has 0 aliphatic carbocycles. The summed E-state index contributed by atoms with van der Waals surface area (Å²) in [4.78, 5) is 54.3. The number of hydrogen-bond donors (Lipinski definition) is 3. The van der Waals surface area contributed by atoms with Crippen LogP contribution in [0, 0.1) is 0 Å². The van der Waals surface area contributed by atoms with Gasteiger partial charge in [-0.1, -0.05) is 18.3 Å². The summed E-state index contributed by atoms with van der Waals surface area (Å²) in [5.41, 5.74) is 0.0942. The highest BCUT2D eigenvalue weighted by molar-refractivity contribution is 8.03. The Hall–Kier alpha value is -2.61. The molecule has 13 heteroatoms. The first-order chi connectivity index (χ1) is 14.8. The van der Waals surface area contributed by atoms with Gasteiger partial charge in [0.2, 0.25) is 5.91 Å². The number of carbonyl (C=O) groups excluding carboxylic acids is 2. The predicted octanol–water partition coefficient (Wildman–Crippen LogP) is 1.60. The van der Waals surface area contributed by atoms with Crippen LogP contribution in [0.2, 0.25) is 0 Å². The zero-order valence-electron chi connectivity index (χ0n) is 15.4. The number of thioether (sulfide) groups is 1. The molecule has 0 saturated carbocycles. The molecule has 4 rings (SSSR count). The van der Waals surface area contributed by atoms with Crippen molar-refractivity contribution >= 4 is 80.8 Å². The van der Waals surface area contributed by atoms with Gasteiger partial charge in [0.25, 0.3) is 5.91 Å². The quantitative estimate of drug-likeness (QED) is 0.386. The second-order valence-corrected chi connectivity index (χ2v) is 10.0. The standard InChI is InChI=1S/C18H13N3O6S4/c22-9(5-8-2-1-3-29-8)20-15-11(14-19-7(6-30-14)4-10(23)24)12(18(26)27)21-16(25)13(28)17(21)31-15/h1-3,6,15,17H,4-5H2,(H,20,22)(H,23,24)(H,26,27)/t15?,17-/m0/s1. The normalized spacial score (nSPS) is 20.3. The Labute approximate surface area is 192 Å². The first kappa shape index (κ1) is 21.6. The number of carbonyl (C=O) groups is 4. The molecule has 2 amide bonds. The zero-order chi connectivity index (χ0) is 22.3. The van der Waals surface area contributed by atoms with Crippen molar-refractivity contribution < 1.29 is 29.4 Å². The number of carboxylic acids is 2. The number of thiocarbonyl (C=S) groups is 1. The average Bonchev–Trinajstić information content (AvgIpc) is 3.38. The molecule has 2 aromatic rings. The van der Waals surface area contributed by atoms with E-state index in [2.05, 4.69) is 10.3 Å². The van der Waals surface area contributed by atoms with E-state index in [0.717, 1.165) is 32.9 Å². The molecule has 1 fully saturated rings. The van der Waals surface area contributed by atoms with Crippen LogP contribution in [-0.4, -0.2) is 59.5 Å². The first-order valence-corrected chi connectivity index (χ1v) is 11.9. The molecular formula is C18H13N3O6S4. The lowest BCUT2D eigenvalue weighted by Crippen LogP contribution is -2.63. The van der Waals surface area contributed by atoms with Gasteiger partial charge in [0.05, 0.1) is 24.1 Å². The Morgan fingerprint density at radius 3 is 2.65 bits per heavy atom. The molecule has 2 aromatic heterocycles. The molecule has 31 heavy (non-hydrogen) atoms. The Morgan fingerprint density at radius 2 is 2.00 bits per heavy atom. The number of thiazole rings is 1. The van der Waals surface area contributed by atoms with E-state index in [-0.39, 0.29) is 45.6 Å². The van der Waals surface area contributed by atoms with Crippen molar-refractivity contribution in [1.29, 1.82) is 0 Å². The van der Waals surface area contributed by atoms with Crippen molar-refractivity contribution in [3.63, 3.8) is 0 Å². The summed E-state index contributed by atoms with van der Waals surface area (Å²) in [6, 6.07) is 3.64. The molecule has 2 aliphatic rings. The highest BCUT2D eigenvalue weighted by atomic mass is 32.2. The van der Waals surface area contributed by atoms with Crippen molar-refractivity contribution in [3.8, 4) is 0 Å². The van der Waals surface area contributed by atoms with Crippen LogP contribution in [-0.2, 0) is 32.0 Å². The van der Waals surface area contributed by atoms with Crippen molar-refractivity contribution in [2.24, 2.45) is 0 Å². The Kier molecular flexibility index (Phi) is 5.92. The van der Waals surface area contributed by atoms with Crippen molar-refractivity contribution in [3.05, 3.63) is 44.2 Å². The summed E-state index contributed by atoms with van der Waals surface area (Å²) in [6.07, 6.45) is -0.214. The lowest BCUT2D eigenvalue weighted by Gasteiger charge is -2.46. The summed E-state index contributed by atoms with van der Waals surface area (Å²) >= 11 is 8.72. The third kappa shape index (κ3) is 4.13. The first-order valence-electron chi connectivity index (χ1n) is 8.75.